The van der Waals surface area contributed by atoms with Gasteiger partial charge in [0.25, 0.3) is 0 Å². The van der Waals surface area contributed by atoms with E-state index in [0.29, 0.717) is 24.5 Å². The molecule has 1 aromatic heterocycles. The first kappa shape index (κ1) is 23.8. The van der Waals surface area contributed by atoms with Gasteiger partial charge >= 0.3 is 0 Å². The van der Waals surface area contributed by atoms with Crippen LogP contribution in [0.15, 0.2) is 35.7 Å². The third-order valence-electron chi connectivity index (χ3n) is 5.89. The van der Waals surface area contributed by atoms with Gasteiger partial charge in [-0.1, -0.05) is 56.8 Å². The fraction of sp³-hybridized carbons (Fsp3) is 0.520. The number of amides is 2. The number of hydrogen-bond acceptors (Lipinski definition) is 3. The molecule has 0 radical (unpaired) electrons. The van der Waals surface area contributed by atoms with Crippen molar-refractivity contribution < 1.29 is 9.59 Å². The van der Waals surface area contributed by atoms with Gasteiger partial charge in [0, 0.05) is 29.4 Å². The van der Waals surface area contributed by atoms with E-state index < -0.39 is 0 Å². The SMILES string of the molecule is CCCCCCC(=O)N(CCC)CC(=O)N1CCc2sccc2C1c1ccc(Cl)cc1. The first-order chi connectivity index (χ1) is 15.0. The molecule has 2 aromatic rings. The summed E-state index contributed by atoms with van der Waals surface area (Å²) in [5.74, 6) is 0.120. The summed E-state index contributed by atoms with van der Waals surface area (Å²) in [4.78, 5) is 31.3. The van der Waals surface area contributed by atoms with E-state index in [9.17, 15) is 9.59 Å². The lowest BCUT2D eigenvalue weighted by molar-refractivity contribution is -0.141. The van der Waals surface area contributed by atoms with Gasteiger partial charge in [0.15, 0.2) is 0 Å². The first-order valence-electron chi connectivity index (χ1n) is 11.4. The summed E-state index contributed by atoms with van der Waals surface area (Å²) in [5.41, 5.74) is 2.25. The Balaban J connectivity index is 1.76. The number of carbonyl (C=O) groups excluding carboxylic acids is 2. The summed E-state index contributed by atoms with van der Waals surface area (Å²) < 4.78 is 0. The van der Waals surface area contributed by atoms with E-state index in [1.54, 1.807) is 16.2 Å². The van der Waals surface area contributed by atoms with Crippen LogP contribution in [0.2, 0.25) is 5.02 Å². The Morgan fingerprint density at radius 3 is 2.58 bits per heavy atom. The minimum Gasteiger partial charge on any atom is -0.333 e. The average Bonchev–Trinajstić information content (AvgIpc) is 3.25. The Hall–Kier alpha value is -1.85. The second kappa shape index (κ2) is 11.7. The summed E-state index contributed by atoms with van der Waals surface area (Å²) in [7, 11) is 0. The van der Waals surface area contributed by atoms with Gasteiger partial charge < -0.3 is 9.80 Å². The molecule has 6 heteroatoms. The number of nitrogens with zero attached hydrogens (tertiary/aromatic N) is 2. The van der Waals surface area contributed by atoms with Crippen molar-refractivity contribution >= 4 is 34.8 Å². The number of fused-ring (bicyclic) bond motifs is 1. The molecule has 1 aromatic carbocycles. The van der Waals surface area contributed by atoms with Gasteiger partial charge in [-0.05, 0) is 54.0 Å². The van der Waals surface area contributed by atoms with Gasteiger partial charge in [0.05, 0.1) is 12.6 Å². The Bertz CT molecular complexity index is 865. The number of thiophene rings is 1. The zero-order valence-corrected chi connectivity index (χ0v) is 20.2. The predicted molar refractivity (Wildman–Crippen MR) is 129 cm³/mol. The molecule has 0 aliphatic carbocycles. The predicted octanol–water partition coefficient (Wildman–Crippen LogP) is 6.08. The molecule has 0 saturated heterocycles. The summed E-state index contributed by atoms with van der Waals surface area (Å²) in [5, 5.41) is 2.79. The van der Waals surface area contributed by atoms with E-state index in [-0.39, 0.29) is 24.4 Å². The first-order valence-corrected chi connectivity index (χ1v) is 12.7. The van der Waals surface area contributed by atoms with Crippen LogP contribution in [0.4, 0.5) is 0 Å². The van der Waals surface area contributed by atoms with Gasteiger partial charge in [-0.2, -0.15) is 0 Å². The van der Waals surface area contributed by atoms with Crippen LogP contribution < -0.4 is 0 Å². The summed E-state index contributed by atoms with van der Waals surface area (Å²) in [6.07, 6.45) is 6.52. The largest absolute Gasteiger partial charge is 0.333 e. The van der Waals surface area contributed by atoms with Crippen molar-refractivity contribution in [1.29, 1.82) is 0 Å². The Kier molecular flexibility index (Phi) is 8.97. The molecular weight excluding hydrogens is 428 g/mol. The highest BCUT2D eigenvalue weighted by atomic mass is 35.5. The van der Waals surface area contributed by atoms with Crippen LogP contribution in [-0.2, 0) is 16.0 Å². The molecule has 0 N–H and O–H groups in total. The smallest absolute Gasteiger partial charge is 0.242 e. The van der Waals surface area contributed by atoms with Crippen LogP contribution >= 0.6 is 22.9 Å². The number of halogens is 1. The number of hydrogen-bond donors (Lipinski definition) is 0. The van der Waals surface area contributed by atoms with E-state index in [0.717, 1.165) is 44.1 Å². The molecule has 0 spiro atoms. The zero-order valence-electron chi connectivity index (χ0n) is 18.6. The number of unbranched alkanes of at least 4 members (excludes halogenated alkanes) is 3. The minimum absolute atomic E-state index is 0.0205. The number of benzene rings is 1. The van der Waals surface area contributed by atoms with Crippen molar-refractivity contribution in [3.05, 3.63) is 56.7 Å². The van der Waals surface area contributed by atoms with Gasteiger partial charge in [-0.25, -0.2) is 0 Å². The van der Waals surface area contributed by atoms with E-state index in [2.05, 4.69) is 25.3 Å². The van der Waals surface area contributed by atoms with E-state index in [1.807, 2.05) is 29.2 Å². The summed E-state index contributed by atoms with van der Waals surface area (Å²) >= 11 is 7.86. The summed E-state index contributed by atoms with van der Waals surface area (Å²) in [6.45, 7) is 5.67. The third kappa shape index (κ3) is 6.11. The topological polar surface area (TPSA) is 40.6 Å². The monoisotopic (exact) mass is 460 g/mol. The summed E-state index contributed by atoms with van der Waals surface area (Å²) in [6, 6.07) is 9.77. The molecule has 1 aliphatic rings. The zero-order chi connectivity index (χ0) is 22.2. The molecule has 1 aliphatic heterocycles. The van der Waals surface area contributed by atoms with Crippen LogP contribution in [0.25, 0.3) is 0 Å². The lowest BCUT2D eigenvalue weighted by Gasteiger charge is -2.37. The molecular formula is C25H33ClN2O2S. The second-order valence-electron chi connectivity index (χ2n) is 8.22. The standard InChI is InChI=1S/C25H33ClN2O2S/c1-3-5-6-7-8-23(29)27(15-4-2)18-24(30)28-16-13-22-21(14-17-31-22)25(28)19-9-11-20(26)12-10-19/h9-12,14,17,25H,3-8,13,15-16,18H2,1-2H3. The molecule has 1 atom stereocenters. The van der Waals surface area contributed by atoms with E-state index in [1.165, 1.54) is 10.4 Å². The Morgan fingerprint density at radius 2 is 1.87 bits per heavy atom. The van der Waals surface area contributed by atoms with Crippen molar-refractivity contribution in [3.63, 3.8) is 0 Å². The van der Waals surface area contributed by atoms with Crippen LogP contribution in [0.5, 0.6) is 0 Å². The van der Waals surface area contributed by atoms with Crippen LogP contribution in [0, 0.1) is 0 Å². The lowest BCUT2D eigenvalue weighted by atomic mass is 9.93. The van der Waals surface area contributed by atoms with Gasteiger partial charge in [-0.15, -0.1) is 11.3 Å². The third-order valence-corrected chi connectivity index (χ3v) is 7.14. The normalized spacial score (nSPS) is 15.6. The highest BCUT2D eigenvalue weighted by molar-refractivity contribution is 7.10. The average molecular weight is 461 g/mol. The minimum atomic E-state index is -0.122. The maximum Gasteiger partial charge on any atom is 0.242 e. The van der Waals surface area contributed by atoms with E-state index >= 15 is 0 Å². The molecule has 2 heterocycles. The lowest BCUT2D eigenvalue weighted by Crippen LogP contribution is -2.47. The molecule has 3 rings (SSSR count). The molecule has 4 nitrogen and oxygen atoms in total. The second-order valence-corrected chi connectivity index (χ2v) is 9.65. The van der Waals surface area contributed by atoms with Crippen LogP contribution in [0.1, 0.15) is 74.4 Å². The van der Waals surface area contributed by atoms with Crippen molar-refractivity contribution in [1.82, 2.24) is 9.80 Å². The van der Waals surface area contributed by atoms with Gasteiger partial charge in [0.1, 0.15) is 0 Å². The quantitative estimate of drug-likeness (QED) is 0.403. The fourth-order valence-corrected chi connectivity index (χ4v) is 5.30. The van der Waals surface area contributed by atoms with Gasteiger partial charge in [-0.3, -0.25) is 9.59 Å². The number of rotatable bonds is 10. The van der Waals surface area contributed by atoms with Crippen molar-refractivity contribution in [2.24, 2.45) is 0 Å². The van der Waals surface area contributed by atoms with Crippen molar-refractivity contribution in [2.45, 2.75) is 64.8 Å². The molecule has 0 fully saturated rings. The highest BCUT2D eigenvalue weighted by Gasteiger charge is 2.33. The van der Waals surface area contributed by atoms with Gasteiger partial charge in [0.2, 0.25) is 11.8 Å². The molecule has 31 heavy (non-hydrogen) atoms. The molecule has 0 saturated carbocycles. The Morgan fingerprint density at radius 1 is 1.10 bits per heavy atom. The van der Waals surface area contributed by atoms with E-state index in [4.69, 9.17) is 11.6 Å². The maximum atomic E-state index is 13.5. The Labute approximate surface area is 195 Å². The number of carbonyl (C=O) groups is 2. The van der Waals surface area contributed by atoms with Crippen LogP contribution in [0.3, 0.4) is 0 Å². The highest BCUT2D eigenvalue weighted by Crippen LogP contribution is 2.38. The molecule has 2 amide bonds. The maximum absolute atomic E-state index is 13.5. The fourth-order valence-electron chi connectivity index (χ4n) is 4.27. The van der Waals surface area contributed by atoms with Crippen molar-refractivity contribution in [2.75, 3.05) is 19.6 Å². The van der Waals surface area contributed by atoms with Crippen LogP contribution in [-0.4, -0.2) is 41.2 Å². The molecule has 1 unspecified atom stereocenters. The molecule has 168 valence electrons. The molecule has 0 bridgehead atoms. The van der Waals surface area contributed by atoms with Crippen molar-refractivity contribution in [3.8, 4) is 0 Å².